The Labute approximate surface area is 116 Å². The van der Waals surface area contributed by atoms with E-state index >= 15 is 0 Å². The van der Waals surface area contributed by atoms with Crippen LogP contribution in [-0.4, -0.2) is 34.5 Å². The predicted molar refractivity (Wildman–Crippen MR) is 79.2 cm³/mol. The molecule has 1 aliphatic rings. The maximum atomic E-state index is 4.63. The number of hydrogen-bond donors (Lipinski definition) is 1. The zero-order valence-corrected chi connectivity index (χ0v) is 12.4. The maximum Gasteiger partial charge on any atom is 0.144 e. The van der Waals surface area contributed by atoms with Gasteiger partial charge in [0.1, 0.15) is 11.6 Å². The fourth-order valence-corrected chi connectivity index (χ4v) is 2.67. The summed E-state index contributed by atoms with van der Waals surface area (Å²) in [6.45, 7) is 10.7. The Balaban J connectivity index is 2.00. The van der Waals surface area contributed by atoms with Crippen molar-refractivity contribution in [1.29, 1.82) is 0 Å². The van der Waals surface area contributed by atoms with Crippen LogP contribution in [0.3, 0.4) is 0 Å². The summed E-state index contributed by atoms with van der Waals surface area (Å²) in [5.41, 5.74) is 1.05. The third-order valence-electron chi connectivity index (χ3n) is 3.56. The van der Waals surface area contributed by atoms with E-state index < -0.39 is 0 Å². The second-order valence-electron chi connectivity index (χ2n) is 5.72. The zero-order valence-electron chi connectivity index (χ0n) is 12.4. The van der Waals surface area contributed by atoms with Crippen LogP contribution in [0.25, 0.3) is 0 Å². The van der Waals surface area contributed by atoms with Crippen LogP contribution < -0.4 is 5.32 Å². The van der Waals surface area contributed by atoms with E-state index in [1.165, 1.54) is 25.9 Å². The summed E-state index contributed by atoms with van der Waals surface area (Å²) in [4.78, 5) is 11.7. The summed E-state index contributed by atoms with van der Waals surface area (Å²) < 4.78 is 0. The molecule has 4 heteroatoms. The van der Waals surface area contributed by atoms with E-state index in [9.17, 15) is 0 Å². The molecule has 0 spiro atoms. The molecule has 1 atom stereocenters. The zero-order chi connectivity index (χ0) is 13.7. The molecule has 0 aromatic carbocycles. The molecule has 0 amide bonds. The van der Waals surface area contributed by atoms with Crippen molar-refractivity contribution in [3.05, 3.63) is 17.6 Å². The van der Waals surface area contributed by atoms with Gasteiger partial charge < -0.3 is 5.32 Å². The van der Waals surface area contributed by atoms with E-state index in [0.29, 0.717) is 0 Å². The lowest BCUT2D eigenvalue weighted by atomic mass is 10.0. The summed E-state index contributed by atoms with van der Waals surface area (Å²) in [6.07, 6.45) is 3.77. The van der Waals surface area contributed by atoms with Crippen LogP contribution >= 0.6 is 0 Å². The van der Waals surface area contributed by atoms with E-state index in [4.69, 9.17) is 0 Å². The maximum absolute atomic E-state index is 4.63. The minimum absolute atomic E-state index is 0.802. The monoisotopic (exact) mass is 262 g/mol. The Hall–Kier alpha value is -1.16. The summed E-state index contributed by atoms with van der Waals surface area (Å²) in [6, 6.07) is 2.03. The molecule has 2 rings (SSSR count). The Kier molecular flexibility index (Phi) is 5.14. The van der Waals surface area contributed by atoms with E-state index in [0.717, 1.165) is 42.8 Å². The van der Waals surface area contributed by atoms with Gasteiger partial charge in [0.25, 0.3) is 0 Å². The third-order valence-corrected chi connectivity index (χ3v) is 3.56. The van der Waals surface area contributed by atoms with Gasteiger partial charge in [-0.3, -0.25) is 4.90 Å². The first-order valence-corrected chi connectivity index (χ1v) is 7.48. The fourth-order valence-electron chi connectivity index (χ4n) is 2.67. The molecule has 0 radical (unpaired) electrons. The topological polar surface area (TPSA) is 41.1 Å². The van der Waals surface area contributed by atoms with Crippen LogP contribution in [0.4, 0.5) is 5.82 Å². The highest BCUT2D eigenvalue weighted by molar-refractivity contribution is 5.35. The van der Waals surface area contributed by atoms with Crippen molar-refractivity contribution in [3.8, 4) is 0 Å². The minimum Gasteiger partial charge on any atom is -0.370 e. The van der Waals surface area contributed by atoms with Gasteiger partial charge >= 0.3 is 0 Å². The molecule has 1 unspecified atom stereocenters. The number of piperidine rings is 1. The lowest BCUT2D eigenvalue weighted by Gasteiger charge is -2.30. The average molecular weight is 262 g/mol. The molecule has 0 bridgehead atoms. The van der Waals surface area contributed by atoms with Crippen molar-refractivity contribution in [1.82, 2.24) is 14.9 Å². The number of aromatic nitrogens is 2. The average Bonchev–Trinajstić information content (AvgIpc) is 2.35. The van der Waals surface area contributed by atoms with Crippen LogP contribution in [0, 0.1) is 12.8 Å². The largest absolute Gasteiger partial charge is 0.370 e. The standard InChI is InChI=1S/C15H26N4/c1-4-7-16-14-9-13(3)17-15(18-14)11-19-8-5-6-12(2)10-19/h9,12H,4-8,10-11H2,1-3H3,(H,16,17,18). The van der Waals surface area contributed by atoms with Crippen LogP contribution in [0.1, 0.15) is 44.6 Å². The number of aryl methyl sites for hydroxylation is 1. The number of hydrogen-bond acceptors (Lipinski definition) is 4. The van der Waals surface area contributed by atoms with Crippen molar-refractivity contribution in [2.75, 3.05) is 25.0 Å². The van der Waals surface area contributed by atoms with Gasteiger partial charge in [-0.2, -0.15) is 0 Å². The molecule has 1 N–H and O–H groups in total. The Morgan fingerprint density at radius 2 is 2.26 bits per heavy atom. The van der Waals surface area contributed by atoms with Gasteiger partial charge in [0.15, 0.2) is 0 Å². The van der Waals surface area contributed by atoms with Crippen molar-refractivity contribution in [2.24, 2.45) is 5.92 Å². The first-order valence-electron chi connectivity index (χ1n) is 7.48. The first-order chi connectivity index (χ1) is 9.17. The van der Waals surface area contributed by atoms with Crippen LogP contribution in [-0.2, 0) is 6.54 Å². The summed E-state index contributed by atoms with van der Waals surface area (Å²) in [5.74, 6) is 2.72. The molecular weight excluding hydrogens is 236 g/mol. The highest BCUT2D eigenvalue weighted by Gasteiger charge is 2.17. The summed E-state index contributed by atoms with van der Waals surface area (Å²) >= 11 is 0. The van der Waals surface area contributed by atoms with Gasteiger partial charge in [0, 0.05) is 24.8 Å². The molecule has 4 nitrogen and oxygen atoms in total. The number of anilines is 1. The lowest BCUT2D eigenvalue weighted by Crippen LogP contribution is -2.34. The fraction of sp³-hybridized carbons (Fsp3) is 0.733. The van der Waals surface area contributed by atoms with Crippen molar-refractivity contribution >= 4 is 5.82 Å². The molecule has 2 heterocycles. The van der Waals surface area contributed by atoms with Gasteiger partial charge in [-0.1, -0.05) is 13.8 Å². The third kappa shape index (κ3) is 4.46. The molecule has 1 aliphatic heterocycles. The SMILES string of the molecule is CCCNc1cc(C)nc(CN2CCCC(C)C2)n1. The van der Waals surface area contributed by atoms with Crippen LogP contribution in [0.5, 0.6) is 0 Å². The number of likely N-dealkylation sites (tertiary alicyclic amines) is 1. The second kappa shape index (κ2) is 6.85. The summed E-state index contributed by atoms with van der Waals surface area (Å²) in [7, 11) is 0. The van der Waals surface area contributed by atoms with Gasteiger partial charge in [0.2, 0.25) is 0 Å². The van der Waals surface area contributed by atoms with Gasteiger partial charge in [-0.15, -0.1) is 0 Å². The van der Waals surface area contributed by atoms with Crippen molar-refractivity contribution in [2.45, 2.75) is 46.6 Å². The van der Waals surface area contributed by atoms with Gasteiger partial charge in [-0.05, 0) is 38.6 Å². The van der Waals surface area contributed by atoms with Gasteiger partial charge in [0.05, 0.1) is 6.54 Å². The molecule has 106 valence electrons. The Morgan fingerprint density at radius 3 is 3.00 bits per heavy atom. The highest BCUT2D eigenvalue weighted by Crippen LogP contribution is 2.17. The van der Waals surface area contributed by atoms with E-state index in [2.05, 4.69) is 34.0 Å². The Morgan fingerprint density at radius 1 is 1.42 bits per heavy atom. The Bertz CT molecular complexity index is 405. The number of nitrogens with zero attached hydrogens (tertiary/aromatic N) is 3. The molecule has 0 saturated carbocycles. The number of rotatable bonds is 5. The normalized spacial score (nSPS) is 20.5. The highest BCUT2D eigenvalue weighted by atomic mass is 15.2. The molecule has 0 aliphatic carbocycles. The summed E-state index contributed by atoms with van der Waals surface area (Å²) in [5, 5.41) is 3.35. The molecule has 1 aromatic heterocycles. The quantitative estimate of drug-likeness (QED) is 0.886. The second-order valence-corrected chi connectivity index (χ2v) is 5.72. The lowest BCUT2D eigenvalue weighted by molar-refractivity contribution is 0.173. The molecular formula is C15H26N4. The molecule has 19 heavy (non-hydrogen) atoms. The van der Waals surface area contributed by atoms with Crippen LogP contribution in [0.2, 0.25) is 0 Å². The van der Waals surface area contributed by atoms with E-state index in [-0.39, 0.29) is 0 Å². The van der Waals surface area contributed by atoms with Crippen molar-refractivity contribution < 1.29 is 0 Å². The predicted octanol–water partition coefficient (Wildman–Crippen LogP) is 2.84. The molecule has 1 fully saturated rings. The van der Waals surface area contributed by atoms with E-state index in [1.807, 2.05) is 13.0 Å². The first kappa shape index (κ1) is 14.3. The molecule has 1 aromatic rings. The van der Waals surface area contributed by atoms with Crippen LogP contribution in [0.15, 0.2) is 6.07 Å². The van der Waals surface area contributed by atoms with E-state index in [1.54, 1.807) is 0 Å². The smallest absolute Gasteiger partial charge is 0.144 e. The van der Waals surface area contributed by atoms with Gasteiger partial charge in [-0.25, -0.2) is 9.97 Å². The minimum atomic E-state index is 0.802. The molecule has 1 saturated heterocycles. The van der Waals surface area contributed by atoms with Crippen molar-refractivity contribution in [3.63, 3.8) is 0 Å². The number of nitrogens with one attached hydrogen (secondary N) is 1.